The number of carbonyl (C=O) groups is 1. The number of halogens is 1. The van der Waals surface area contributed by atoms with E-state index in [2.05, 4.69) is 5.32 Å². The molecular weight excluding hydrogens is 318 g/mol. The molecule has 0 spiro atoms. The van der Waals surface area contributed by atoms with Gasteiger partial charge in [-0.2, -0.15) is 0 Å². The molecule has 0 aliphatic heterocycles. The highest BCUT2D eigenvalue weighted by atomic mass is 35.5. The number of rotatable bonds is 5. The van der Waals surface area contributed by atoms with Gasteiger partial charge in [0.25, 0.3) is 11.6 Å². The second-order valence-electron chi connectivity index (χ2n) is 5.02. The van der Waals surface area contributed by atoms with Gasteiger partial charge >= 0.3 is 0 Å². The molecule has 2 rings (SSSR count). The van der Waals surface area contributed by atoms with Crippen molar-refractivity contribution in [2.75, 3.05) is 19.0 Å². The van der Waals surface area contributed by atoms with Crippen molar-refractivity contribution in [3.8, 4) is 0 Å². The van der Waals surface area contributed by atoms with Crippen LogP contribution in [0.3, 0.4) is 0 Å². The van der Waals surface area contributed by atoms with Gasteiger partial charge in [-0.25, -0.2) is 0 Å². The molecule has 1 amide bonds. The fourth-order valence-electron chi connectivity index (χ4n) is 2.23. The predicted octanol–water partition coefficient (Wildman–Crippen LogP) is 3.24. The van der Waals surface area contributed by atoms with Gasteiger partial charge in [0.05, 0.1) is 4.92 Å². The molecule has 0 heterocycles. The minimum Gasteiger partial charge on any atom is -0.365 e. The molecule has 2 aromatic rings. The Balaban J connectivity index is 2.21. The first-order valence-electron chi connectivity index (χ1n) is 6.88. The van der Waals surface area contributed by atoms with Gasteiger partial charge < -0.3 is 10.2 Å². The molecule has 0 fully saturated rings. The molecule has 0 atom stereocenters. The molecule has 23 heavy (non-hydrogen) atoms. The van der Waals surface area contributed by atoms with Crippen molar-refractivity contribution in [1.29, 1.82) is 0 Å². The smallest absolute Gasteiger partial charge is 0.294 e. The van der Waals surface area contributed by atoms with Gasteiger partial charge in [-0.3, -0.25) is 14.9 Å². The molecular formula is C16H16ClN3O3. The van der Waals surface area contributed by atoms with Crippen LogP contribution < -0.4 is 10.2 Å². The fraction of sp³-hybridized carbons (Fsp3) is 0.188. The van der Waals surface area contributed by atoms with E-state index in [1.807, 2.05) is 12.1 Å². The molecule has 7 heteroatoms. The van der Waals surface area contributed by atoms with E-state index in [4.69, 9.17) is 11.6 Å². The van der Waals surface area contributed by atoms with Crippen LogP contribution in [-0.4, -0.2) is 24.9 Å². The van der Waals surface area contributed by atoms with Crippen LogP contribution in [0.4, 0.5) is 11.4 Å². The van der Waals surface area contributed by atoms with E-state index in [9.17, 15) is 14.9 Å². The van der Waals surface area contributed by atoms with E-state index in [0.29, 0.717) is 22.8 Å². The average Bonchev–Trinajstić information content (AvgIpc) is 2.54. The summed E-state index contributed by atoms with van der Waals surface area (Å²) in [5.74, 6) is -0.154. The standard InChI is InChI=1S/C16H16ClN3O3/c1-18-16(21)12-5-3-11(4-6-12)10-19(2)14-8-7-13(17)9-15(14)20(22)23/h3-9H,10H2,1-2H3,(H,18,21). The summed E-state index contributed by atoms with van der Waals surface area (Å²) >= 11 is 5.83. The summed E-state index contributed by atoms with van der Waals surface area (Å²) in [7, 11) is 3.34. The first-order chi connectivity index (χ1) is 10.9. The van der Waals surface area contributed by atoms with E-state index >= 15 is 0 Å². The van der Waals surface area contributed by atoms with Crippen LogP contribution in [0, 0.1) is 10.1 Å². The van der Waals surface area contributed by atoms with Gasteiger partial charge in [0.2, 0.25) is 0 Å². The van der Waals surface area contributed by atoms with Crippen LogP contribution in [0.15, 0.2) is 42.5 Å². The quantitative estimate of drug-likeness (QED) is 0.673. The summed E-state index contributed by atoms with van der Waals surface area (Å²) in [5.41, 5.74) is 1.94. The van der Waals surface area contributed by atoms with Gasteiger partial charge in [-0.15, -0.1) is 0 Å². The molecule has 6 nitrogen and oxygen atoms in total. The normalized spacial score (nSPS) is 10.2. The van der Waals surface area contributed by atoms with Gasteiger partial charge in [0.1, 0.15) is 5.69 Å². The first kappa shape index (κ1) is 16.8. The number of nitrogens with one attached hydrogen (secondary N) is 1. The lowest BCUT2D eigenvalue weighted by Crippen LogP contribution is -2.19. The molecule has 0 saturated heterocycles. The highest BCUT2D eigenvalue weighted by molar-refractivity contribution is 6.30. The van der Waals surface area contributed by atoms with Gasteiger partial charge in [0.15, 0.2) is 0 Å². The predicted molar refractivity (Wildman–Crippen MR) is 90.0 cm³/mol. The third-order valence-electron chi connectivity index (χ3n) is 3.41. The van der Waals surface area contributed by atoms with Crippen molar-refractivity contribution in [2.45, 2.75) is 6.54 Å². The van der Waals surface area contributed by atoms with E-state index in [1.54, 1.807) is 43.3 Å². The number of hydrogen-bond acceptors (Lipinski definition) is 4. The van der Waals surface area contributed by atoms with Crippen LogP contribution in [0.25, 0.3) is 0 Å². The Hall–Kier alpha value is -2.60. The minimum absolute atomic E-state index is 0.0398. The number of nitro benzene ring substituents is 1. The lowest BCUT2D eigenvalue weighted by molar-refractivity contribution is -0.384. The SMILES string of the molecule is CNC(=O)c1ccc(CN(C)c2ccc(Cl)cc2[N+](=O)[O-])cc1. The number of nitrogens with zero attached hydrogens (tertiary/aromatic N) is 2. The Labute approximate surface area is 138 Å². The van der Waals surface area contributed by atoms with Crippen LogP contribution >= 0.6 is 11.6 Å². The summed E-state index contributed by atoms with van der Waals surface area (Å²) in [4.78, 5) is 24.0. The number of nitro groups is 1. The fourth-order valence-corrected chi connectivity index (χ4v) is 2.40. The van der Waals surface area contributed by atoms with Gasteiger partial charge in [0, 0.05) is 37.3 Å². The van der Waals surface area contributed by atoms with Gasteiger partial charge in [-0.1, -0.05) is 23.7 Å². The summed E-state index contributed by atoms with van der Waals surface area (Å²) in [6.45, 7) is 0.469. The van der Waals surface area contributed by atoms with Crippen LogP contribution in [0.1, 0.15) is 15.9 Å². The molecule has 1 N–H and O–H groups in total. The molecule has 0 aliphatic carbocycles. The number of anilines is 1. The van der Waals surface area contributed by atoms with Crippen molar-refractivity contribution in [2.24, 2.45) is 0 Å². The van der Waals surface area contributed by atoms with Crippen LogP contribution in [0.5, 0.6) is 0 Å². The number of hydrogen-bond donors (Lipinski definition) is 1. The van der Waals surface area contributed by atoms with Crippen LogP contribution in [-0.2, 0) is 6.54 Å². The van der Waals surface area contributed by atoms with Crippen molar-refractivity contribution < 1.29 is 9.72 Å². The average molecular weight is 334 g/mol. The van der Waals surface area contributed by atoms with E-state index in [0.717, 1.165) is 5.56 Å². The zero-order chi connectivity index (χ0) is 17.0. The topological polar surface area (TPSA) is 75.5 Å². The van der Waals surface area contributed by atoms with E-state index < -0.39 is 4.92 Å². The first-order valence-corrected chi connectivity index (χ1v) is 7.26. The Morgan fingerprint density at radius 3 is 2.48 bits per heavy atom. The Bertz CT molecular complexity index is 732. The minimum atomic E-state index is -0.452. The Kier molecular flexibility index (Phi) is 5.18. The second-order valence-corrected chi connectivity index (χ2v) is 5.46. The highest BCUT2D eigenvalue weighted by Gasteiger charge is 2.17. The van der Waals surface area contributed by atoms with Gasteiger partial charge in [-0.05, 0) is 29.8 Å². The third-order valence-corrected chi connectivity index (χ3v) is 3.64. The number of amides is 1. The molecule has 0 aliphatic rings. The lowest BCUT2D eigenvalue weighted by atomic mass is 10.1. The van der Waals surface area contributed by atoms with E-state index in [1.165, 1.54) is 6.07 Å². The lowest BCUT2D eigenvalue weighted by Gasteiger charge is -2.19. The maximum absolute atomic E-state index is 11.5. The maximum Gasteiger partial charge on any atom is 0.294 e. The zero-order valence-electron chi connectivity index (χ0n) is 12.7. The highest BCUT2D eigenvalue weighted by Crippen LogP contribution is 2.31. The zero-order valence-corrected chi connectivity index (χ0v) is 13.5. The summed E-state index contributed by atoms with van der Waals surface area (Å²) < 4.78 is 0. The second kappa shape index (κ2) is 7.11. The van der Waals surface area contributed by atoms with Crippen LogP contribution in [0.2, 0.25) is 5.02 Å². The Morgan fingerprint density at radius 2 is 1.91 bits per heavy atom. The summed E-state index contributed by atoms with van der Waals surface area (Å²) in [5, 5.41) is 14.0. The largest absolute Gasteiger partial charge is 0.365 e. The number of benzene rings is 2. The van der Waals surface area contributed by atoms with Crippen molar-refractivity contribution in [3.63, 3.8) is 0 Å². The summed E-state index contributed by atoms with van der Waals surface area (Å²) in [6, 6.07) is 11.7. The van der Waals surface area contributed by atoms with Crippen molar-refractivity contribution in [1.82, 2.24) is 5.32 Å². The monoisotopic (exact) mass is 333 g/mol. The van der Waals surface area contributed by atoms with Crippen molar-refractivity contribution in [3.05, 3.63) is 68.7 Å². The molecule has 0 radical (unpaired) electrons. The molecule has 120 valence electrons. The maximum atomic E-state index is 11.5. The summed E-state index contributed by atoms with van der Waals surface area (Å²) in [6.07, 6.45) is 0. The Morgan fingerprint density at radius 1 is 1.26 bits per heavy atom. The third kappa shape index (κ3) is 3.98. The molecule has 0 saturated carbocycles. The molecule has 0 aromatic heterocycles. The number of carbonyl (C=O) groups excluding carboxylic acids is 1. The van der Waals surface area contributed by atoms with Crippen molar-refractivity contribution >= 4 is 28.9 Å². The molecule has 0 unspecified atom stereocenters. The molecule has 2 aromatic carbocycles. The molecule has 0 bridgehead atoms. The van der Waals surface area contributed by atoms with E-state index in [-0.39, 0.29) is 11.6 Å².